The van der Waals surface area contributed by atoms with Crippen molar-refractivity contribution in [2.45, 2.75) is 13.0 Å². The average Bonchev–Trinajstić information content (AvgIpc) is 2.86. The monoisotopic (exact) mass is 281 g/mol. The molecule has 3 nitrogen and oxygen atoms in total. The van der Waals surface area contributed by atoms with E-state index >= 15 is 0 Å². The van der Waals surface area contributed by atoms with E-state index in [-0.39, 0.29) is 5.82 Å². The van der Waals surface area contributed by atoms with Crippen LogP contribution in [0.1, 0.15) is 11.1 Å². The zero-order chi connectivity index (χ0) is 14.4. The van der Waals surface area contributed by atoms with Gasteiger partial charge in [-0.15, -0.1) is 0 Å². The highest BCUT2D eigenvalue weighted by Crippen LogP contribution is 2.27. The summed E-state index contributed by atoms with van der Waals surface area (Å²) in [6.07, 6.45) is 1.06. The molecule has 1 aliphatic rings. The van der Waals surface area contributed by atoms with E-state index in [0.717, 1.165) is 36.4 Å². The molecule has 0 saturated heterocycles. The van der Waals surface area contributed by atoms with Crippen LogP contribution < -0.4 is 5.32 Å². The molecule has 0 fully saturated rings. The predicted molar refractivity (Wildman–Crippen MR) is 81.5 cm³/mol. The van der Waals surface area contributed by atoms with Crippen LogP contribution in [0.15, 0.2) is 36.4 Å². The van der Waals surface area contributed by atoms with E-state index in [2.05, 4.69) is 28.5 Å². The highest BCUT2D eigenvalue weighted by atomic mass is 19.1. The van der Waals surface area contributed by atoms with Crippen LogP contribution in [0.3, 0.4) is 0 Å². The molecule has 0 amide bonds. The lowest BCUT2D eigenvalue weighted by Gasteiger charge is -2.17. The number of hydrogen-bond donors (Lipinski definition) is 1. The number of halogens is 1. The molecule has 0 bridgehead atoms. The van der Waals surface area contributed by atoms with Crippen LogP contribution in [0, 0.1) is 5.82 Å². The van der Waals surface area contributed by atoms with Gasteiger partial charge in [0.2, 0.25) is 0 Å². The van der Waals surface area contributed by atoms with Crippen molar-refractivity contribution in [3.05, 3.63) is 53.3 Å². The second kappa shape index (κ2) is 4.67. The Hall–Kier alpha value is -2.20. The number of hydrogen-bond acceptors (Lipinski definition) is 2. The van der Waals surface area contributed by atoms with E-state index in [1.165, 1.54) is 17.2 Å². The van der Waals surface area contributed by atoms with Gasteiger partial charge in [0.05, 0.1) is 5.52 Å². The first-order valence-electron chi connectivity index (χ1n) is 7.18. The van der Waals surface area contributed by atoms with Gasteiger partial charge in [0.1, 0.15) is 11.3 Å². The van der Waals surface area contributed by atoms with Crippen LogP contribution in [-0.4, -0.2) is 16.1 Å². The fourth-order valence-corrected chi connectivity index (χ4v) is 3.06. The van der Waals surface area contributed by atoms with Crippen LogP contribution in [0.4, 0.5) is 4.39 Å². The first kappa shape index (κ1) is 12.5. The minimum absolute atomic E-state index is 0.269. The van der Waals surface area contributed by atoms with Crippen LogP contribution in [0.2, 0.25) is 0 Å². The first-order valence-corrected chi connectivity index (χ1v) is 7.18. The third-order valence-corrected chi connectivity index (χ3v) is 4.21. The molecular formula is C17H16FN3. The molecule has 1 aromatic heterocycles. The molecule has 1 N–H and O–H groups in total. The van der Waals surface area contributed by atoms with E-state index < -0.39 is 0 Å². The van der Waals surface area contributed by atoms with Crippen LogP contribution in [-0.2, 0) is 20.0 Å². The fourth-order valence-electron chi connectivity index (χ4n) is 3.06. The molecule has 4 heteroatoms. The molecule has 0 atom stereocenters. The van der Waals surface area contributed by atoms with Gasteiger partial charge in [-0.25, -0.2) is 9.37 Å². The molecule has 21 heavy (non-hydrogen) atoms. The quantitative estimate of drug-likeness (QED) is 0.743. The number of nitrogens with zero attached hydrogens (tertiary/aromatic N) is 2. The number of fused-ring (bicyclic) bond motifs is 2. The molecular weight excluding hydrogens is 265 g/mol. The van der Waals surface area contributed by atoms with E-state index in [4.69, 9.17) is 0 Å². The second-order valence-electron chi connectivity index (χ2n) is 5.51. The minimum Gasteiger partial charge on any atom is -0.327 e. The fraction of sp³-hybridized carbons (Fsp3) is 0.235. The number of rotatable bonds is 1. The van der Waals surface area contributed by atoms with E-state index in [9.17, 15) is 4.39 Å². The van der Waals surface area contributed by atoms with Gasteiger partial charge in [-0.05, 0) is 42.3 Å². The SMILES string of the molecule is Cn1c(-c2ccc3c(c2)CNCC3)nc2c(F)cccc21. The second-order valence-corrected chi connectivity index (χ2v) is 5.51. The summed E-state index contributed by atoms with van der Waals surface area (Å²) in [5, 5.41) is 3.38. The van der Waals surface area contributed by atoms with Gasteiger partial charge in [0, 0.05) is 19.2 Å². The molecule has 4 rings (SSSR count). The summed E-state index contributed by atoms with van der Waals surface area (Å²) in [5.41, 5.74) is 5.00. The Morgan fingerprint density at radius 3 is 2.95 bits per heavy atom. The van der Waals surface area contributed by atoms with Gasteiger partial charge in [-0.1, -0.05) is 18.2 Å². The molecule has 2 heterocycles. The minimum atomic E-state index is -0.269. The van der Waals surface area contributed by atoms with Crippen molar-refractivity contribution >= 4 is 11.0 Å². The summed E-state index contributed by atoms with van der Waals surface area (Å²) < 4.78 is 15.8. The molecule has 0 radical (unpaired) electrons. The van der Waals surface area contributed by atoms with Crippen molar-refractivity contribution in [1.29, 1.82) is 0 Å². The van der Waals surface area contributed by atoms with E-state index in [1.54, 1.807) is 6.07 Å². The lowest BCUT2D eigenvalue weighted by molar-refractivity contribution is 0.637. The summed E-state index contributed by atoms with van der Waals surface area (Å²) in [5.74, 6) is 0.539. The molecule has 106 valence electrons. The highest BCUT2D eigenvalue weighted by molar-refractivity contribution is 5.81. The number of aromatic nitrogens is 2. The summed E-state index contributed by atoms with van der Waals surface area (Å²) >= 11 is 0. The number of para-hydroxylation sites is 1. The lowest BCUT2D eigenvalue weighted by atomic mass is 9.98. The third-order valence-electron chi connectivity index (χ3n) is 4.21. The number of imidazole rings is 1. The highest BCUT2D eigenvalue weighted by Gasteiger charge is 2.15. The zero-order valence-corrected chi connectivity index (χ0v) is 11.9. The van der Waals surface area contributed by atoms with Crippen LogP contribution in [0.25, 0.3) is 22.4 Å². The summed E-state index contributed by atoms with van der Waals surface area (Å²) in [4.78, 5) is 4.50. The third kappa shape index (κ3) is 1.94. The Labute approximate surface area is 122 Å². The maximum absolute atomic E-state index is 13.9. The zero-order valence-electron chi connectivity index (χ0n) is 11.9. The normalized spacial score (nSPS) is 14.4. The summed E-state index contributed by atoms with van der Waals surface area (Å²) in [6, 6.07) is 11.5. The van der Waals surface area contributed by atoms with Gasteiger partial charge < -0.3 is 9.88 Å². The maximum atomic E-state index is 13.9. The molecule has 0 spiro atoms. The van der Waals surface area contributed by atoms with Crippen molar-refractivity contribution in [3.8, 4) is 11.4 Å². The molecule has 3 aromatic rings. The van der Waals surface area contributed by atoms with E-state index in [0.29, 0.717) is 5.52 Å². The van der Waals surface area contributed by atoms with Gasteiger partial charge in [0.25, 0.3) is 0 Å². The Kier molecular flexibility index (Phi) is 2.79. The Balaban J connectivity index is 1.90. The Morgan fingerprint density at radius 2 is 2.10 bits per heavy atom. The van der Waals surface area contributed by atoms with Crippen molar-refractivity contribution < 1.29 is 4.39 Å². The van der Waals surface area contributed by atoms with Crippen LogP contribution in [0.5, 0.6) is 0 Å². The first-order chi connectivity index (χ1) is 10.2. The number of aryl methyl sites for hydroxylation is 1. The van der Waals surface area contributed by atoms with Crippen LogP contribution >= 0.6 is 0 Å². The van der Waals surface area contributed by atoms with Crippen molar-refractivity contribution in [2.75, 3.05) is 6.54 Å². The number of benzene rings is 2. The van der Waals surface area contributed by atoms with Gasteiger partial charge in [-0.3, -0.25) is 0 Å². The van der Waals surface area contributed by atoms with Crippen molar-refractivity contribution in [3.63, 3.8) is 0 Å². The molecule has 0 saturated carbocycles. The Bertz CT molecular complexity index is 835. The standard InChI is InChI=1S/C17H16FN3/c1-21-15-4-2-3-14(18)16(15)20-17(21)12-6-5-11-7-8-19-10-13(11)9-12/h2-6,9,19H,7-8,10H2,1H3. The Morgan fingerprint density at radius 1 is 1.19 bits per heavy atom. The summed E-state index contributed by atoms with van der Waals surface area (Å²) in [7, 11) is 1.93. The van der Waals surface area contributed by atoms with Gasteiger partial charge in [-0.2, -0.15) is 0 Å². The van der Waals surface area contributed by atoms with Crippen molar-refractivity contribution in [1.82, 2.24) is 14.9 Å². The molecule has 0 aliphatic carbocycles. The molecule has 0 unspecified atom stereocenters. The smallest absolute Gasteiger partial charge is 0.151 e. The van der Waals surface area contributed by atoms with Gasteiger partial charge >= 0.3 is 0 Å². The maximum Gasteiger partial charge on any atom is 0.151 e. The summed E-state index contributed by atoms with van der Waals surface area (Å²) in [6.45, 7) is 1.92. The van der Waals surface area contributed by atoms with Gasteiger partial charge in [0.15, 0.2) is 5.82 Å². The lowest BCUT2D eigenvalue weighted by Crippen LogP contribution is -2.23. The predicted octanol–water partition coefficient (Wildman–Crippen LogP) is 3.03. The topological polar surface area (TPSA) is 29.9 Å². The molecule has 1 aliphatic heterocycles. The number of nitrogens with one attached hydrogen (secondary N) is 1. The average molecular weight is 281 g/mol. The molecule has 2 aromatic carbocycles. The largest absolute Gasteiger partial charge is 0.327 e. The van der Waals surface area contributed by atoms with Crippen molar-refractivity contribution in [2.24, 2.45) is 7.05 Å². The van der Waals surface area contributed by atoms with E-state index in [1.807, 2.05) is 17.7 Å².